The monoisotopic (exact) mass is 646 g/mol. The smallest absolute Gasteiger partial charge is 0.282 e. The fourth-order valence-electron chi connectivity index (χ4n) is 8.81. The number of nitriles is 1. The van der Waals surface area contributed by atoms with Crippen molar-refractivity contribution in [1.82, 2.24) is 14.8 Å². The molecule has 0 aliphatic carbocycles. The third kappa shape index (κ3) is 5.19. The number of ether oxygens (including phenoxy) is 3. The number of rotatable bonds is 6. The summed E-state index contributed by atoms with van der Waals surface area (Å²) in [5.41, 5.74) is 6.15. The number of amides is 1. The fraction of sp³-hybridized carbons (Fsp3) is 0.571. The first-order valence-electron chi connectivity index (χ1n) is 16.8. The molecule has 248 valence electrons. The number of hydrogen-bond donors (Lipinski definition) is 0. The van der Waals surface area contributed by atoms with Crippen LogP contribution in [0.4, 0.5) is 20.2 Å². The van der Waals surface area contributed by atoms with E-state index in [0.29, 0.717) is 57.3 Å². The molecule has 12 heteroatoms. The summed E-state index contributed by atoms with van der Waals surface area (Å²) >= 11 is 0. The molecule has 47 heavy (non-hydrogen) atoms. The van der Waals surface area contributed by atoms with Crippen LogP contribution in [0, 0.1) is 11.3 Å². The van der Waals surface area contributed by atoms with Gasteiger partial charge in [-0.3, -0.25) is 9.69 Å². The van der Waals surface area contributed by atoms with Crippen LogP contribution in [0.15, 0.2) is 30.6 Å². The van der Waals surface area contributed by atoms with Crippen LogP contribution < -0.4 is 19.3 Å². The standard InChI is InChI=1S/C35H40F2N6O4/c1-22(36)34(44)43-17-26-19-46-32-31(42(26)16-25(43)6-10-38)27-7-12-40(30-5-2-4-23-8-13-45-20-28(23)30)18-29(27)39-33(32)47-21-35-9-3-11-41(35)15-24(37)14-35/h2,4-5,24-26H,1,3,6-9,11-21H2/t24-,25+,26?,35?/m1/s1. The number of anilines is 2. The highest BCUT2D eigenvalue weighted by molar-refractivity contribution is 5.91. The number of fused-ring (bicyclic) bond motifs is 7. The second-order valence-electron chi connectivity index (χ2n) is 13.8. The number of carbonyl (C=O) groups excluding carboxylic acids is 1. The predicted octanol–water partition coefficient (Wildman–Crippen LogP) is 3.85. The predicted molar refractivity (Wildman–Crippen MR) is 170 cm³/mol. The third-order valence-corrected chi connectivity index (χ3v) is 11.1. The number of nitrogens with zero attached hydrogens (tertiary/aromatic N) is 6. The summed E-state index contributed by atoms with van der Waals surface area (Å²) in [6, 6.07) is 7.85. The van der Waals surface area contributed by atoms with E-state index in [2.05, 4.69) is 45.5 Å². The molecular weight excluding hydrogens is 606 g/mol. The van der Waals surface area contributed by atoms with Crippen molar-refractivity contribution in [2.45, 2.75) is 75.5 Å². The van der Waals surface area contributed by atoms with Crippen molar-refractivity contribution in [3.05, 3.63) is 53.0 Å². The van der Waals surface area contributed by atoms with E-state index in [1.165, 1.54) is 16.0 Å². The first-order valence-corrected chi connectivity index (χ1v) is 16.8. The van der Waals surface area contributed by atoms with Crippen LogP contribution in [0.3, 0.4) is 0 Å². The summed E-state index contributed by atoms with van der Waals surface area (Å²) in [7, 11) is 0. The van der Waals surface area contributed by atoms with E-state index in [1.54, 1.807) is 0 Å². The Morgan fingerprint density at radius 3 is 2.96 bits per heavy atom. The summed E-state index contributed by atoms with van der Waals surface area (Å²) in [4.78, 5) is 26.1. The summed E-state index contributed by atoms with van der Waals surface area (Å²) in [6.45, 7) is 8.28. The minimum atomic E-state index is -1.04. The van der Waals surface area contributed by atoms with E-state index >= 15 is 0 Å². The lowest BCUT2D eigenvalue weighted by atomic mass is 9.94. The maximum absolute atomic E-state index is 14.6. The molecule has 6 aliphatic heterocycles. The first-order chi connectivity index (χ1) is 22.8. The Labute approximate surface area is 273 Å². The van der Waals surface area contributed by atoms with Gasteiger partial charge in [-0.05, 0) is 43.9 Å². The summed E-state index contributed by atoms with van der Waals surface area (Å²) < 4.78 is 47.6. The summed E-state index contributed by atoms with van der Waals surface area (Å²) in [6.07, 6.45) is 3.13. The van der Waals surface area contributed by atoms with Gasteiger partial charge in [-0.1, -0.05) is 18.7 Å². The molecule has 10 nitrogen and oxygen atoms in total. The largest absolute Gasteiger partial charge is 0.484 e. The number of alkyl halides is 1. The quantitative estimate of drug-likeness (QED) is 0.434. The van der Waals surface area contributed by atoms with Gasteiger partial charge in [0, 0.05) is 49.4 Å². The van der Waals surface area contributed by atoms with Gasteiger partial charge in [0.15, 0.2) is 5.83 Å². The van der Waals surface area contributed by atoms with E-state index in [1.807, 2.05) is 0 Å². The van der Waals surface area contributed by atoms with Gasteiger partial charge in [0.25, 0.3) is 11.8 Å². The molecule has 0 spiro atoms. The molecule has 3 fully saturated rings. The molecule has 0 N–H and O–H groups in total. The lowest BCUT2D eigenvalue weighted by molar-refractivity contribution is -0.132. The van der Waals surface area contributed by atoms with E-state index < -0.39 is 23.9 Å². The molecule has 1 aromatic heterocycles. The second-order valence-corrected chi connectivity index (χ2v) is 13.8. The maximum Gasteiger partial charge on any atom is 0.282 e. The van der Waals surface area contributed by atoms with Gasteiger partial charge >= 0.3 is 0 Å². The van der Waals surface area contributed by atoms with Crippen LogP contribution in [0.2, 0.25) is 0 Å². The summed E-state index contributed by atoms with van der Waals surface area (Å²) in [5, 5.41) is 9.65. The molecule has 2 unspecified atom stereocenters. The number of benzene rings is 1. The van der Waals surface area contributed by atoms with Crippen LogP contribution in [0.5, 0.6) is 11.6 Å². The Kier molecular flexibility index (Phi) is 7.72. The number of hydrogen-bond acceptors (Lipinski definition) is 9. The Bertz CT molecular complexity index is 1650. The SMILES string of the molecule is C=C(F)C(=O)N1CC2COc3c(OCC45CCCN4C[C@H](F)C5)nc4c(c3N2C[C@@H]1CC#N)CCN(c1cccc2c1COCC2)C4. The lowest BCUT2D eigenvalue weighted by Crippen LogP contribution is -2.63. The molecule has 3 saturated heterocycles. The van der Waals surface area contributed by atoms with E-state index in [4.69, 9.17) is 19.2 Å². The van der Waals surface area contributed by atoms with Gasteiger partial charge in [-0.25, -0.2) is 13.8 Å². The minimum absolute atomic E-state index is 0.0623. The van der Waals surface area contributed by atoms with Gasteiger partial charge in [-0.15, -0.1) is 0 Å². The van der Waals surface area contributed by atoms with E-state index in [0.717, 1.165) is 61.6 Å². The molecule has 0 radical (unpaired) electrons. The topological polar surface area (TPSA) is 94.4 Å². The average Bonchev–Trinajstić information content (AvgIpc) is 3.61. The average molecular weight is 647 g/mol. The van der Waals surface area contributed by atoms with Gasteiger partial charge in [-0.2, -0.15) is 5.26 Å². The molecule has 7 heterocycles. The zero-order valence-electron chi connectivity index (χ0n) is 26.6. The van der Waals surface area contributed by atoms with Crippen molar-refractivity contribution >= 4 is 17.3 Å². The number of aromatic nitrogens is 1. The lowest BCUT2D eigenvalue weighted by Gasteiger charge is -2.50. The van der Waals surface area contributed by atoms with Gasteiger partial charge < -0.3 is 28.9 Å². The number of halogens is 2. The molecule has 1 aromatic carbocycles. The Hall–Kier alpha value is -3.95. The maximum atomic E-state index is 14.6. The minimum Gasteiger partial charge on any atom is -0.484 e. The Balaban J connectivity index is 1.17. The zero-order valence-corrected chi connectivity index (χ0v) is 26.6. The van der Waals surface area contributed by atoms with Crippen LogP contribution in [-0.4, -0.2) is 97.0 Å². The van der Waals surface area contributed by atoms with Crippen molar-refractivity contribution in [2.75, 3.05) is 62.3 Å². The molecular formula is C35H40F2N6O4. The fourth-order valence-corrected chi connectivity index (χ4v) is 8.81. The van der Waals surface area contributed by atoms with E-state index in [-0.39, 0.29) is 31.2 Å². The highest BCUT2D eigenvalue weighted by atomic mass is 19.1. The number of pyridine rings is 1. The zero-order chi connectivity index (χ0) is 32.3. The molecule has 8 rings (SSSR count). The molecule has 6 aliphatic rings. The third-order valence-electron chi connectivity index (χ3n) is 11.1. The molecule has 2 aromatic rings. The highest BCUT2D eigenvalue weighted by Gasteiger charge is 2.50. The van der Waals surface area contributed by atoms with Crippen LogP contribution in [-0.2, 0) is 35.5 Å². The molecule has 1 amide bonds. The van der Waals surface area contributed by atoms with Gasteiger partial charge in [0.1, 0.15) is 19.4 Å². The van der Waals surface area contributed by atoms with Crippen molar-refractivity contribution in [2.24, 2.45) is 0 Å². The Morgan fingerprint density at radius 1 is 1.21 bits per heavy atom. The van der Waals surface area contributed by atoms with Crippen molar-refractivity contribution in [3.8, 4) is 17.7 Å². The number of carbonyl (C=O) groups is 1. The second kappa shape index (κ2) is 11.9. The number of piperazine rings is 1. The highest BCUT2D eigenvalue weighted by Crippen LogP contribution is 2.49. The normalized spacial score (nSPS) is 27.9. The molecule has 0 bridgehead atoms. The molecule has 4 atom stereocenters. The Morgan fingerprint density at radius 2 is 2.11 bits per heavy atom. The van der Waals surface area contributed by atoms with E-state index in [9.17, 15) is 18.8 Å². The first kappa shape index (κ1) is 30.4. The van der Waals surface area contributed by atoms with Gasteiger partial charge in [0.05, 0.1) is 61.3 Å². The summed E-state index contributed by atoms with van der Waals surface area (Å²) in [5.74, 6) is -0.869. The van der Waals surface area contributed by atoms with Gasteiger partial charge in [0.2, 0.25) is 5.75 Å². The van der Waals surface area contributed by atoms with Crippen LogP contribution in [0.1, 0.15) is 48.1 Å². The van der Waals surface area contributed by atoms with Crippen LogP contribution >= 0.6 is 0 Å². The molecule has 0 saturated carbocycles. The van der Waals surface area contributed by atoms with Crippen molar-refractivity contribution in [3.63, 3.8) is 0 Å². The van der Waals surface area contributed by atoms with Crippen molar-refractivity contribution in [1.29, 1.82) is 5.26 Å². The van der Waals surface area contributed by atoms with Crippen LogP contribution in [0.25, 0.3) is 0 Å². The van der Waals surface area contributed by atoms with Crippen molar-refractivity contribution < 1.29 is 27.8 Å².